The van der Waals surface area contributed by atoms with Gasteiger partial charge in [-0.15, -0.1) is 0 Å². The molecule has 0 unspecified atom stereocenters. The van der Waals surface area contributed by atoms with Crippen molar-refractivity contribution in [3.8, 4) is 0 Å². The van der Waals surface area contributed by atoms with Gasteiger partial charge >= 0.3 is 11.9 Å². The molecule has 22 heavy (non-hydrogen) atoms. The minimum absolute atomic E-state index is 0.0710. The smallest absolute Gasteiger partial charge is 0.306 e. The van der Waals surface area contributed by atoms with Gasteiger partial charge in [0.2, 0.25) is 0 Å². The first-order valence-electron chi connectivity index (χ1n) is 6.85. The van der Waals surface area contributed by atoms with Crippen LogP contribution in [0.3, 0.4) is 0 Å². The number of aliphatic hydroxyl groups excluding tert-OH is 1. The van der Waals surface area contributed by atoms with Crippen molar-refractivity contribution in [1.82, 2.24) is 15.6 Å². The number of hydrogen-bond donors (Lipinski definition) is 3. The third-order valence-electron chi connectivity index (χ3n) is 2.69. The Hall–Kier alpha value is -2.20. The van der Waals surface area contributed by atoms with E-state index in [1.54, 1.807) is 6.20 Å². The molecule has 1 aromatic heterocycles. The molecule has 0 spiro atoms. The predicted molar refractivity (Wildman–Crippen MR) is 74.3 cm³/mol. The largest absolute Gasteiger partial charge is 0.481 e. The summed E-state index contributed by atoms with van der Waals surface area (Å²) in [6.45, 7) is 3.67. The molecule has 0 radical (unpaired) electrons. The molecule has 124 valence electrons. The lowest BCUT2D eigenvalue weighted by atomic mass is 10.3. The molecule has 1 fully saturated rings. The molecule has 10 nitrogen and oxygen atoms in total. The number of ether oxygens (including phenoxy) is 1. The van der Waals surface area contributed by atoms with Crippen molar-refractivity contribution in [2.24, 2.45) is 0 Å². The maximum atomic E-state index is 10.5. The van der Waals surface area contributed by atoms with Crippen molar-refractivity contribution >= 4 is 17.8 Å². The van der Waals surface area contributed by atoms with E-state index in [2.05, 4.69) is 29.9 Å². The summed E-state index contributed by atoms with van der Waals surface area (Å²) in [4.78, 5) is 22.6. The third kappa shape index (κ3) is 7.55. The van der Waals surface area contributed by atoms with Crippen LogP contribution in [-0.2, 0) is 14.3 Å². The Labute approximate surface area is 127 Å². The van der Waals surface area contributed by atoms with Gasteiger partial charge in [0.1, 0.15) is 12.8 Å². The molecule has 0 atom stereocenters. The van der Waals surface area contributed by atoms with Gasteiger partial charge in [-0.2, -0.15) is 0 Å². The Balaban J connectivity index is 0.000000220. The molecule has 10 heteroatoms. The number of aromatic nitrogens is 2. The van der Waals surface area contributed by atoms with E-state index in [9.17, 15) is 9.59 Å². The quantitative estimate of drug-likeness (QED) is 0.552. The van der Waals surface area contributed by atoms with Crippen molar-refractivity contribution in [3.05, 3.63) is 6.20 Å². The van der Waals surface area contributed by atoms with Gasteiger partial charge in [0.05, 0.1) is 19.4 Å². The molecule has 1 aliphatic rings. The standard InChI is InChI=1S/C6H10N4O.C6H10O5/c1-3-10(4-2-7-1)6-5-8-11-9-6;7-3-4-11-6(10)2-1-5(8)9/h5,7H,1-4H2;7H,1-4H2,(H,8,9). The molecular weight excluding hydrogens is 296 g/mol. The van der Waals surface area contributed by atoms with Gasteiger partial charge in [-0.1, -0.05) is 5.16 Å². The van der Waals surface area contributed by atoms with E-state index in [-0.39, 0.29) is 26.1 Å². The molecule has 0 aromatic carbocycles. The molecule has 1 aromatic rings. The molecule has 1 aliphatic heterocycles. The molecule has 3 N–H and O–H groups in total. The van der Waals surface area contributed by atoms with Gasteiger partial charge in [0, 0.05) is 26.2 Å². The number of piperazine rings is 1. The Kier molecular flexibility index (Phi) is 8.53. The Bertz CT molecular complexity index is 433. The van der Waals surface area contributed by atoms with Gasteiger partial charge in [-0.05, 0) is 5.16 Å². The van der Waals surface area contributed by atoms with Crippen molar-refractivity contribution < 1.29 is 29.2 Å². The third-order valence-corrected chi connectivity index (χ3v) is 2.69. The summed E-state index contributed by atoms with van der Waals surface area (Å²) in [7, 11) is 0. The van der Waals surface area contributed by atoms with Gasteiger partial charge < -0.3 is 25.2 Å². The van der Waals surface area contributed by atoms with Crippen LogP contribution in [0.25, 0.3) is 0 Å². The highest BCUT2D eigenvalue weighted by Crippen LogP contribution is 2.07. The summed E-state index contributed by atoms with van der Waals surface area (Å²) >= 11 is 0. The number of carbonyl (C=O) groups is 2. The van der Waals surface area contributed by atoms with E-state index in [1.165, 1.54) is 0 Å². The van der Waals surface area contributed by atoms with Gasteiger partial charge in [-0.3, -0.25) is 9.59 Å². The van der Waals surface area contributed by atoms with Gasteiger partial charge in [-0.25, -0.2) is 4.63 Å². The fraction of sp³-hybridized carbons (Fsp3) is 0.667. The van der Waals surface area contributed by atoms with Crippen LogP contribution in [-0.4, -0.2) is 71.9 Å². The monoisotopic (exact) mass is 316 g/mol. The lowest BCUT2D eigenvalue weighted by Crippen LogP contribution is -2.43. The molecule has 1 saturated heterocycles. The Morgan fingerprint density at radius 3 is 2.64 bits per heavy atom. The first-order valence-corrected chi connectivity index (χ1v) is 6.85. The number of nitrogens with zero attached hydrogens (tertiary/aromatic N) is 3. The number of esters is 1. The van der Waals surface area contributed by atoms with Crippen molar-refractivity contribution in [2.75, 3.05) is 44.3 Å². The summed E-state index contributed by atoms with van der Waals surface area (Å²) in [5, 5.41) is 26.9. The van der Waals surface area contributed by atoms with E-state index in [0.717, 1.165) is 32.0 Å². The molecule has 0 bridgehead atoms. The minimum Gasteiger partial charge on any atom is -0.481 e. The van der Waals surface area contributed by atoms with Crippen molar-refractivity contribution in [2.45, 2.75) is 12.8 Å². The van der Waals surface area contributed by atoms with E-state index in [1.807, 2.05) is 0 Å². The average Bonchev–Trinajstić information content (AvgIpc) is 3.07. The van der Waals surface area contributed by atoms with Crippen LogP contribution in [0.2, 0.25) is 0 Å². The first kappa shape index (κ1) is 17.9. The fourth-order valence-electron chi connectivity index (χ4n) is 1.63. The van der Waals surface area contributed by atoms with Crippen molar-refractivity contribution in [1.29, 1.82) is 0 Å². The summed E-state index contributed by atoms with van der Waals surface area (Å²) in [6, 6.07) is 0. The highest BCUT2D eigenvalue weighted by molar-refractivity contribution is 5.76. The van der Waals surface area contributed by atoms with E-state index in [0.29, 0.717) is 0 Å². The van der Waals surface area contributed by atoms with Gasteiger partial charge in [0.15, 0.2) is 5.82 Å². The summed E-state index contributed by atoms with van der Waals surface area (Å²) in [6.07, 6.45) is 1.27. The number of carbonyl (C=O) groups excluding carboxylic acids is 1. The zero-order valence-electron chi connectivity index (χ0n) is 12.1. The topological polar surface area (TPSA) is 138 Å². The second kappa shape index (κ2) is 10.5. The summed E-state index contributed by atoms with van der Waals surface area (Å²) in [5.41, 5.74) is 0. The van der Waals surface area contributed by atoms with Crippen LogP contribution in [0, 0.1) is 0 Å². The zero-order valence-corrected chi connectivity index (χ0v) is 12.1. The molecular formula is C12H20N4O6. The highest BCUT2D eigenvalue weighted by Gasteiger charge is 2.12. The highest BCUT2D eigenvalue weighted by atomic mass is 16.6. The van der Waals surface area contributed by atoms with Crippen LogP contribution in [0.5, 0.6) is 0 Å². The number of carboxylic acid groups (broad SMARTS) is 1. The predicted octanol–water partition coefficient (Wildman–Crippen LogP) is -1.13. The second-order valence-corrected chi connectivity index (χ2v) is 4.34. The molecule has 0 aliphatic carbocycles. The fourth-order valence-corrected chi connectivity index (χ4v) is 1.63. The summed E-state index contributed by atoms with van der Waals surface area (Å²) in [5.74, 6) is -0.793. The van der Waals surface area contributed by atoms with E-state index < -0.39 is 11.9 Å². The van der Waals surface area contributed by atoms with Gasteiger partial charge in [0.25, 0.3) is 0 Å². The normalized spacial score (nSPS) is 14.0. The SMILES string of the molecule is O=C(O)CCC(=O)OCCO.c1nonc1N1CCNCC1. The summed E-state index contributed by atoms with van der Waals surface area (Å²) < 4.78 is 8.89. The number of anilines is 1. The maximum absolute atomic E-state index is 10.5. The lowest BCUT2D eigenvalue weighted by Gasteiger charge is -2.25. The van der Waals surface area contributed by atoms with Crippen molar-refractivity contribution in [3.63, 3.8) is 0 Å². The number of rotatable bonds is 6. The number of carboxylic acids is 1. The molecule has 2 heterocycles. The van der Waals surface area contributed by atoms with Crippen LogP contribution < -0.4 is 10.2 Å². The van der Waals surface area contributed by atoms with Crippen LogP contribution in [0.15, 0.2) is 10.8 Å². The van der Waals surface area contributed by atoms with E-state index in [4.69, 9.17) is 10.2 Å². The lowest BCUT2D eigenvalue weighted by molar-refractivity contribution is -0.148. The number of nitrogens with one attached hydrogen (secondary N) is 1. The van der Waals surface area contributed by atoms with Crippen LogP contribution in [0.1, 0.15) is 12.8 Å². The maximum Gasteiger partial charge on any atom is 0.306 e. The molecule has 0 amide bonds. The zero-order chi connectivity index (χ0) is 16.2. The Morgan fingerprint density at radius 1 is 1.36 bits per heavy atom. The minimum atomic E-state index is -1.04. The average molecular weight is 316 g/mol. The van der Waals surface area contributed by atoms with E-state index >= 15 is 0 Å². The van der Waals surface area contributed by atoms with Crippen LogP contribution >= 0.6 is 0 Å². The number of aliphatic carboxylic acids is 1. The number of hydrogen-bond acceptors (Lipinski definition) is 9. The Morgan fingerprint density at radius 2 is 2.09 bits per heavy atom. The first-order chi connectivity index (χ1) is 10.6. The second-order valence-electron chi connectivity index (χ2n) is 4.34. The number of aliphatic hydroxyl groups is 1. The molecule has 0 saturated carbocycles. The van der Waals surface area contributed by atoms with Crippen LogP contribution in [0.4, 0.5) is 5.82 Å². The molecule has 2 rings (SSSR count).